The number of nitrogens with zero attached hydrogens (tertiary/aromatic N) is 3. The Kier molecular flexibility index (Phi) is 4.47. The summed E-state index contributed by atoms with van der Waals surface area (Å²) in [5, 5.41) is 9.29. The van der Waals surface area contributed by atoms with Gasteiger partial charge in [0, 0.05) is 37.4 Å². The van der Waals surface area contributed by atoms with Gasteiger partial charge in [0.25, 0.3) is 0 Å². The van der Waals surface area contributed by atoms with Crippen LogP contribution in [0.15, 0.2) is 47.0 Å². The van der Waals surface area contributed by atoms with Gasteiger partial charge in [-0.3, -0.25) is 0 Å². The topological polar surface area (TPSA) is 80.5 Å². The van der Waals surface area contributed by atoms with Gasteiger partial charge in [0.05, 0.1) is 5.92 Å². The van der Waals surface area contributed by atoms with E-state index < -0.39 is 0 Å². The van der Waals surface area contributed by atoms with E-state index in [2.05, 4.69) is 21.5 Å². The van der Waals surface area contributed by atoms with Crippen LogP contribution in [0.25, 0.3) is 10.8 Å². The molecule has 0 unspecified atom stereocenters. The molecule has 7 nitrogen and oxygen atoms in total. The van der Waals surface area contributed by atoms with E-state index in [-0.39, 0.29) is 17.4 Å². The lowest BCUT2D eigenvalue weighted by Crippen LogP contribution is -2.38. The van der Waals surface area contributed by atoms with Crippen molar-refractivity contribution in [2.24, 2.45) is 5.41 Å². The van der Waals surface area contributed by atoms with Crippen molar-refractivity contribution in [1.29, 1.82) is 0 Å². The third-order valence-electron chi connectivity index (χ3n) is 6.27. The van der Waals surface area contributed by atoms with Crippen molar-refractivity contribution in [3.8, 4) is 0 Å². The van der Waals surface area contributed by atoms with Crippen molar-refractivity contribution in [3.05, 3.63) is 54.2 Å². The van der Waals surface area contributed by atoms with Crippen molar-refractivity contribution >= 4 is 22.5 Å². The quantitative estimate of drug-likeness (QED) is 0.714. The summed E-state index contributed by atoms with van der Waals surface area (Å²) < 4.78 is 11.1. The number of anilines is 1. The first kappa shape index (κ1) is 18.1. The number of likely N-dealkylation sites (tertiary alicyclic amines) is 1. The Balaban J connectivity index is 1.38. The number of urea groups is 1. The molecular weight excluding hydrogens is 368 g/mol. The van der Waals surface area contributed by atoms with Gasteiger partial charge in [-0.25, -0.2) is 4.79 Å². The van der Waals surface area contributed by atoms with Crippen molar-refractivity contribution in [2.75, 3.05) is 31.6 Å². The van der Waals surface area contributed by atoms with E-state index in [0.29, 0.717) is 38.0 Å². The van der Waals surface area contributed by atoms with E-state index in [1.165, 1.54) is 0 Å². The van der Waals surface area contributed by atoms with E-state index >= 15 is 0 Å². The molecule has 2 amide bonds. The van der Waals surface area contributed by atoms with Crippen molar-refractivity contribution < 1.29 is 14.1 Å². The lowest BCUT2D eigenvalue weighted by Gasteiger charge is -2.36. The van der Waals surface area contributed by atoms with Crippen molar-refractivity contribution in [2.45, 2.75) is 25.7 Å². The largest absolute Gasteiger partial charge is 0.381 e. The molecule has 1 atom stereocenters. The number of fused-ring (bicyclic) bond motifs is 1. The number of ether oxygens (including phenoxy) is 1. The summed E-state index contributed by atoms with van der Waals surface area (Å²) in [5.74, 6) is 1.29. The van der Waals surface area contributed by atoms with Crippen LogP contribution in [0.1, 0.15) is 30.5 Å². The molecule has 2 fully saturated rings. The third kappa shape index (κ3) is 3.35. The van der Waals surface area contributed by atoms with Gasteiger partial charge in [-0.05, 0) is 42.7 Å². The summed E-state index contributed by atoms with van der Waals surface area (Å²) in [6.45, 7) is 4.46. The summed E-state index contributed by atoms with van der Waals surface area (Å²) in [6, 6.07) is 14.0. The molecule has 2 aromatic carbocycles. The van der Waals surface area contributed by atoms with Gasteiger partial charge in [0.2, 0.25) is 5.89 Å². The number of aryl methyl sites for hydroxylation is 1. The van der Waals surface area contributed by atoms with Gasteiger partial charge < -0.3 is 19.5 Å². The van der Waals surface area contributed by atoms with Gasteiger partial charge in [0.15, 0.2) is 5.82 Å². The summed E-state index contributed by atoms with van der Waals surface area (Å²) in [5.41, 5.74) is 0.726. The van der Waals surface area contributed by atoms with Crippen LogP contribution in [0.2, 0.25) is 0 Å². The van der Waals surface area contributed by atoms with Crippen LogP contribution in [-0.2, 0) is 4.74 Å². The molecule has 3 heterocycles. The fourth-order valence-electron chi connectivity index (χ4n) is 4.67. The minimum atomic E-state index is -0.0927. The van der Waals surface area contributed by atoms with Gasteiger partial charge >= 0.3 is 6.03 Å². The highest BCUT2D eigenvalue weighted by molar-refractivity contribution is 5.93. The summed E-state index contributed by atoms with van der Waals surface area (Å²) in [4.78, 5) is 19.4. The lowest BCUT2D eigenvalue weighted by molar-refractivity contribution is 0.00959. The Morgan fingerprint density at radius 1 is 1.17 bits per heavy atom. The van der Waals surface area contributed by atoms with Gasteiger partial charge in [-0.2, -0.15) is 4.98 Å². The molecule has 7 heteroatoms. The summed E-state index contributed by atoms with van der Waals surface area (Å²) in [7, 11) is 0. The van der Waals surface area contributed by atoms with Crippen molar-refractivity contribution in [1.82, 2.24) is 15.0 Å². The number of amides is 2. The highest BCUT2D eigenvalue weighted by Crippen LogP contribution is 2.49. The van der Waals surface area contributed by atoms with Crippen LogP contribution >= 0.6 is 0 Å². The van der Waals surface area contributed by atoms with Crippen LogP contribution < -0.4 is 5.32 Å². The molecule has 2 aliphatic heterocycles. The number of aromatic nitrogens is 2. The van der Waals surface area contributed by atoms with E-state index in [0.717, 1.165) is 29.3 Å². The molecule has 150 valence electrons. The SMILES string of the molecule is Cc1noc([C@H]2CN(C(=O)Nc3ccc4ccccc4c3)CC23CCOCC3)n1. The molecule has 29 heavy (non-hydrogen) atoms. The zero-order valence-corrected chi connectivity index (χ0v) is 16.4. The number of carbonyl (C=O) groups is 1. The fraction of sp³-hybridized carbons (Fsp3) is 0.409. The highest BCUT2D eigenvalue weighted by Gasteiger charge is 2.51. The summed E-state index contributed by atoms with van der Waals surface area (Å²) >= 11 is 0. The number of nitrogens with one attached hydrogen (secondary N) is 1. The normalized spacial score (nSPS) is 21.0. The molecular formula is C22H24N4O3. The third-order valence-corrected chi connectivity index (χ3v) is 6.27. The van der Waals surface area contributed by atoms with E-state index in [1.54, 1.807) is 0 Å². The second-order valence-corrected chi connectivity index (χ2v) is 8.08. The Bertz CT molecular complexity index is 1040. The fourth-order valence-corrected chi connectivity index (χ4v) is 4.67. The molecule has 3 aromatic rings. The molecule has 1 aromatic heterocycles. The second-order valence-electron chi connectivity index (χ2n) is 8.08. The highest BCUT2D eigenvalue weighted by atomic mass is 16.5. The minimum absolute atomic E-state index is 0.0370. The monoisotopic (exact) mass is 392 g/mol. The first-order valence-electron chi connectivity index (χ1n) is 10.1. The molecule has 0 radical (unpaired) electrons. The molecule has 0 bridgehead atoms. The number of hydrogen-bond acceptors (Lipinski definition) is 5. The van der Waals surface area contributed by atoms with Gasteiger partial charge in [0.1, 0.15) is 0 Å². The average molecular weight is 392 g/mol. The van der Waals surface area contributed by atoms with E-state index in [1.807, 2.05) is 48.2 Å². The van der Waals surface area contributed by atoms with Gasteiger partial charge in [-0.1, -0.05) is 35.5 Å². The Hall–Kier alpha value is -2.93. The number of rotatable bonds is 2. The number of carbonyl (C=O) groups excluding carboxylic acids is 1. The smallest absolute Gasteiger partial charge is 0.321 e. The minimum Gasteiger partial charge on any atom is -0.381 e. The first-order chi connectivity index (χ1) is 14.1. The maximum absolute atomic E-state index is 13.1. The zero-order chi connectivity index (χ0) is 19.8. The predicted molar refractivity (Wildman–Crippen MR) is 109 cm³/mol. The van der Waals surface area contributed by atoms with Crippen molar-refractivity contribution in [3.63, 3.8) is 0 Å². The lowest BCUT2D eigenvalue weighted by atomic mass is 9.72. The van der Waals surface area contributed by atoms with Crippen LogP contribution in [0.3, 0.4) is 0 Å². The van der Waals surface area contributed by atoms with Crippen LogP contribution in [0, 0.1) is 12.3 Å². The van der Waals surface area contributed by atoms with E-state index in [9.17, 15) is 4.79 Å². The predicted octanol–water partition coefficient (Wildman–Crippen LogP) is 3.96. The van der Waals surface area contributed by atoms with E-state index in [4.69, 9.17) is 9.26 Å². The molecule has 1 spiro atoms. The average Bonchev–Trinajstić information content (AvgIpc) is 3.32. The first-order valence-corrected chi connectivity index (χ1v) is 10.1. The molecule has 0 aliphatic carbocycles. The Labute approximate surface area is 169 Å². The number of hydrogen-bond donors (Lipinski definition) is 1. The summed E-state index contributed by atoms with van der Waals surface area (Å²) in [6.07, 6.45) is 1.78. The Morgan fingerprint density at radius 3 is 2.72 bits per heavy atom. The molecule has 1 N–H and O–H groups in total. The molecule has 5 rings (SSSR count). The zero-order valence-electron chi connectivity index (χ0n) is 16.4. The van der Waals surface area contributed by atoms with Crippen LogP contribution in [0.5, 0.6) is 0 Å². The standard InChI is InChI=1S/C22H24N4O3/c1-15-23-20(29-25-15)19-13-26(14-22(19)8-10-28-11-9-22)21(27)24-18-7-6-16-4-2-3-5-17(16)12-18/h2-7,12,19H,8-11,13-14H2,1H3,(H,24,27)/t19-/m1/s1. The maximum Gasteiger partial charge on any atom is 0.321 e. The van der Waals surface area contributed by atoms with Gasteiger partial charge in [-0.15, -0.1) is 0 Å². The molecule has 2 saturated heterocycles. The maximum atomic E-state index is 13.1. The second kappa shape index (κ2) is 7.15. The molecule has 0 saturated carbocycles. The Morgan fingerprint density at radius 2 is 1.97 bits per heavy atom. The van der Waals surface area contributed by atoms with Crippen LogP contribution in [-0.4, -0.2) is 47.4 Å². The van der Waals surface area contributed by atoms with Crippen LogP contribution in [0.4, 0.5) is 10.5 Å². The number of benzene rings is 2. The molecule has 2 aliphatic rings.